The lowest BCUT2D eigenvalue weighted by atomic mass is 10.1. The summed E-state index contributed by atoms with van der Waals surface area (Å²) in [5.41, 5.74) is 6.38. The van der Waals surface area contributed by atoms with Gasteiger partial charge < -0.3 is 0 Å². The quantitative estimate of drug-likeness (QED) is 0.529. The number of nitrogens with one attached hydrogen (secondary N) is 1. The number of anilines is 1. The van der Waals surface area contributed by atoms with Crippen molar-refractivity contribution in [3.8, 4) is 5.69 Å². The van der Waals surface area contributed by atoms with Gasteiger partial charge in [-0.25, -0.2) is 0 Å². The first-order valence-corrected chi connectivity index (χ1v) is 8.72. The molecule has 0 saturated heterocycles. The highest BCUT2D eigenvalue weighted by Gasteiger charge is 2.15. The molecule has 5 rings (SSSR count). The summed E-state index contributed by atoms with van der Waals surface area (Å²) in [4.78, 5) is 14.9. The van der Waals surface area contributed by atoms with Gasteiger partial charge in [-0.3, -0.25) is 14.8 Å². The van der Waals surface area contributed by atoms with Crippen LogP contribution < -0.4 is 11.0 Å². The molecule has 0 aliphatic carbocycles. The lowest BCUT2D eigenvalue weighted by molar-refractivity contribution is 0.817. The van der Waals surface area contributed by atoms with Crippen molar-refractivity contribution in [3.63, 3.8) is 0 Å². The Morgan fingerprint density at radius 1 is 0.741 bits per heavy atom. The monoisotopic (exact) mass is 352 g/mol. The number of hydrogen-bond acceptors (Lipinski definition) is 3. The van der Waals surface area contributed by atoms with Crippen molar-refractivity contribution in [2.24, 2.45) is 0 Å². The van der Waals surface area contributed by atoms with Gasteiger partial charge >= 0.3 is 0 Å². The van der Waals surface area contributed by atoms with Crippen molar-refractivity contribution in [2.45, 2.75) is 0 Å². The third kappa shape index (κ3) is 2.57. The number of nitrogens with zero attached hydrogens (tertiary/aromatic N) is 3. The van der Waals surface area contributed by atoms with Gasteiger partial charge in [0.25, 0.3) is 5.56 Å². The fourth-order valence-corrected chi connectivity index (χ4v) is 3.36. The summed E-state index contributed by atoms with van der Waals surface area (Å²) in [6, 6.07) is 27.3. The van der Waals surface area contributed by atoms with E-state index < -0.39 is 0 Å². The van der Waals surface area contributed by atoms with Crippen LogP contribution in [-0.4, -0.2) is 14.5 Å². The van der Waals surface area contributed by atoms with E-state index in [2.05, 4.69) is 10.5 Å². The molecule has 3 aromatic carbocycles. The summed E-state index contributed by atoms with van der Waals surface area (Å²) in [7, 11) is 0. The molecule has 0 unspecified atom stereocenters. The van der Waals surface area contributed by atoms with E-state index in [0.717, 1.165) is 22.3 Å². The lowest BCUT2D eigenvalue weighted by Crippen LogP contribution is -2.18. The zero-order chi connectivity index (χ0) is 18.2. The first-order valence-electron chi connectivity index (χ1n) is 8.72. The van der Waals surface area contributed by atoms with Crippen molar-refractivity contribution in [3.05, 3.63) is 101 Å². The largest absolute Gasteiger partial charge is 0.278 e. The van der Waals surface area contributed by atoms with Crippen LogP contribution in [0.2, 0.25) is 0 Å². The van der Waals surface area contributed by atoms with E-state index in [4.69, 9.17) is 0 Å². The Balaban J connectivity index is 1.79. The fraction of sp³-hybridized carbons (Fsp3) is 0. The van der Waals surface area contributed by atoms with Gasteiger partial charge in [0.15, 0.2) is 0 Å². The van der Waals surface area contributed by atoms with Gasteiger partial charge in [0, 0.05) is 11.1 Å². The molecule has 0 saturated carbocycles. The molecule has 0 bridgehead atoms. The van der Waals surface area contributed by atoms with Crippen LogP contribution >= 0.6 is 0 Å². The summed E-state index contributed by atoms with van der Waals surface area (Å²) in [5.74, 6) is 0. The third-order valence-corrected chi connectivity index (χ3v) is 4.58. The van der Waals surface area contributed by atoms with E-state index in [1.165, 1.54) is 0 Å². The number of hydrogen-bond donors (Lipinski definition) is 1. The molecule has 0 radical (unpaired) electrons. The standard InChI is InChI=1S/C22H16N4O/c27-22-19-15-25(23-16-9-3-1-4-10-16)24-21(19)18-13-7-8-14-20(18)26(22)17-11-5-2-6-12-17/h1-15,23H. The minimum atomic E-state index is -0.0870. The minimum Gasteiger partial charge on any atom is -0.278 e. The van der Waals surface area contributed by atoms with Crippen LogP contribution in [0.1, 0.15) is 0 Å². The Hall–Kier alpha value is -3.86. The Labute approximate surface area is 155 Å². The average molecular weight is 352 g/mol. The topological polar surface area (TPSA) is 51.9 Å². The zero-order valence-electron chi connectivity index (χ0n) is 14.4. The summed E-state index contributed by atoms with van der Waals surface area (Å²) >= 11 is 0. The summed E-state index contributed by atoms with van der Waals surface area (Å²) in [6.07, 6.45) is 1.75. The van der Waals surface area contributed by atoms with Crippen LogP contribution in [0.25, 0.3) is 27.5 Å². The van der Waals surface area contributed by atoms with Gasteiger partial charge in [-0.05, 0) is 30.3 Å². The predicted molar refractivity (Wildman–Crippen MR) is 108 cm³/mol. The van der Waals surface area contributed by atoms with Crippen molar-refractivity contribution in [2.75, 3.05) is 5.43 Å². The van der Waals surface area contributed by atoms with Gasteiger partial charge in [0.1, 0.15) is 5.52 Å². The maximum absolute atomic E-state index is 13.3. The Kier molecular flexibility index (Phi) is 3.50. The van der Waals surface area contributed by atoms with Gasteiger partial charge in [0.2, 0.25) is 0 Å². The summed E-state index contributed by atoms with van der Waals surface area (Å²) < 4.78 is 1.74. The zero-order valence-corrected chi connectivity index (χ0v) is 14.4. The second-order valence-corrected chi connectivity index (χ2v) is 6.31. The predicted octanol–water partition coefficient (Wildman–Crippen LogP) is 4.22. The average Bonchev–Trinajstić information content (AvgIpc) is 3.14. The maximum atomic E-state index is 13.3. The molecule has 5 heteroatoms. The molecule has 5 aromatic rings. The molecule has 130 valence electrons. The van der Waals surface area contributed by atoms with Crippen molar-refractivity contribution >= 4 is 27.5 Å². The Morgan fingerprint density at radius 2 is 1.41 bits per heavy atom. The SMILES string of the molecule is O=c1c2cn(Nc3ccccc3)nc2c2ccccc2n1-c1ccccc1. The highest BCUT2D eigenvalue weighted by atomic mass is 16.1. The van der Waals surface area contributed by atoms with E-state index in [-0.39, 0.29) is 5.56 Å². The normalized spacial score (nSPS) is 11.1. The van der Waals surface area contributed by atoms with E-state index in [9.17, 15) is 4.79 Å². The molecule has 0 fully saturated rings. The van der Waals surface area contributed by atoms with E-state index in [0.29, 0.717) is 10.9 Å². The molecule has 2 heterocycles. The van der Waals surface area contributed by atoms with Crippen LogP contribution in [0, 0.1) is 0 Å². The highest BCUT2D eigenvalue weighted by molar-refractivity contribution is 6.03. The third-order valence-electron chi connectivity index (χ3n) is 4.58. The molecular weight excluding hydrogens is 336 g/mol. The van der Waals surface area contributed by atoms with E-state index >= 15 is 0 Å². The van der Waals surface area contributed by atoms with Crippen LogP contribution in [0.15, 0.2) is 95.9 Å². The van der Waals surface area contributed by atoms with Crippen molar-refractivity contribution < 1.29 is 0 Å². The molecule has 0 atom stereocenters. The van der Waals surface area contributed by atoms with Gasteiger partial charge in [-0.2, -0.15) is 9.89 Å². The number of rotatable bonds is 3. The van der Waals surface area contributed by atoms with Gasteiger partial charge in [0.05, 0.1) is 22.8 Å². The Morgan fingerprint density at radius 3 is 2.19 bits per heavy atom. The molecule has 0 aliphatic heterocycles. The summed E-state index contributed by atoms with van der Waals surface area (Å²) in [5, 5.41) is 6.13. The van der Waals surface area contributed by atoms with E-state index in [1.54, 1.807) is 15.6 Å². The molecule has 5 nitrogen and oxygen atoms in total. The molecule has 27 heavy (non-hydrogen) atoms. The minimum absolute atomic E-state index is 0.0870. The lowest BCUT2D eigenvalue weighted by Gasteiger charge is -2.10. The first-order chi connectivity index (χ1) is 13.3. The number of benzene rings is 3. The van der Waals surface area contributed by atoms with Crippen LogP contribution in [0.4, 0.5) is 5.69 Å². The fourth-order valence-electron chi connectivity index (χ4n) is 3.36. The van der Waals surface area contributed by atoms with Crippen LogP contribution in [-0.2, 0) is 0 Å². The molecule has 0 amide bonds. The van der Waals surface area contributed by atoms with Gasteiger partial charge in [-0.15, -0.1) is 0 Å². The molecule has 1 N–H and O–H groups in total. The second-order valence-electron chi connectivity index (χ2n) is 6.31. The second kappa shape index (κ2) is 6.14. The summed E-state index contributed by atoms with van der Waals surface area (Å²) in [6.45, 7) is 0. The molecular formula is C22H16N4O. The first kappa shape index (κ1) is 15.4. The van der Waals surface area contributed by atoms with Crippen LogP contribution in [0.5, 0.6) is 0 Å². The maximum Gasteiger partial charge on any atom is 0.266 e. The number of fused-ring (bicyclic) bond motifs is 3. The van der Waals surface area contributed by atoms with Crippen molar-refractivity contribution in [1.29, 1.82) is 0 Å². The van der Waals surface area contributed by atoms with E-state index in [1.807, 2.05) is 84.9 Å². The van der Waals surface area contributed by atoms with Crippen molar-refractivity contribution in [1.82, 2.24) is 14.5 Å². The van der Waals surface area contributed by atoms with Crippen LogP contribution in [0.3, 0.4) is 0 Å². The molecule has 2 aromatic heterocycles. The number of aromatic nitrogens is 3. The van der Waals surface area contributed by atoms with Gasteiger partial charge in [-0.1, -0.05) is 54.6 Å². The Bertz CT molecular complexity index is 1300. The number of para-hydroxylation sites is 3. The smallest absolute Gasteiger partial charge is 0.266 e. The number of pyridine rings is 1. The molecule has 0 aliphatic rings. The molecule has 0 spiro atoms. The highest BCUT2D eigenvalue weighted by Crippen LogP contribution is 2.23.